The van der Waals surface area contributed by atoms with E-state index < -0.39 is 10.0 Å². The van der Waals surface area contributed by atoms with E-state index in [-0.39, 0.29) is 36.3 Å². The third kappa shape index (κ3) is 6.47. The van der Waals surface area contributed by atoms with Gasteiger partial charge in [0.2, 0.25) is 11.9 Å². The van der Waals surface area contributed by atoms with Crippen molar-refractivity contribution >= 4 is 27.6 Å². The quantitative estimate of drug-likeness (QED) is 0.208. The minimum Gasteiger partial charge on any atom is -0.391 e. The lowest BCUT2D eigenvalue weighted by Crippen LogP contribution is -2.29. The highest BCUT2D eigenvalue weighted by Gasteiger charge is 2.14. The number of carbonyl (C=O) groups excluding carboxylic acids is 1. The van der Waals surface area contributed by atoms with Crippen LogP contribution in [0.25, 0.3) is 0 Å². The fourth-order valence-corrected chi connectivity index (χ4v) is 3.40. The Morgan fingerprint density at radius 3 is 2.54 bits per heavy atom. The number of rotatable bonds is 9. The second-order valence-corrected chi connectivity index (χ2v) is 7.62. The van der Waals surface area contributed by atoms with E-state index in [1.807, 2.05) is 6.92 Å². The molecule has 2 aromatic rings. The maximum Gasteiger partial charge on any atom is 0.261 e. The van der Waals surface area contributed by atoms with Gasteiger partial charge in [-0.3, -0.25) is 9.52 Å². The number of aryl methyl sites for hydroxylation is 1. The summed E-state index contributed by atoms with van der Waals surface area (Å²) in [7, 11) is -3.70. The Balaban J connectivity index is 1.99. The average molecular weight is 405 g/mol. The maximum absolute atomic E-state index is 12.4. The molecule has 0 aliphatic heterocycles. The molecule has 0 spiro atoms. The van der Waals surface area contributed by atoms with Gasteiger partial charge in [0.1, 0.15) is 6.61 Å². The van der Waals surface area contributed by atoms with Gasteiger partial charge in [-0.25, -0.2) is 8.42 Å². The Labute approximate surface area is 163 Å². The van der Waals surface area contributed by atoms with Crippen LogP contribution in [0.3, 0.4) is 0 Å². The summed E-state index contributed by atoms with van der Waals surface area (Å²) in [4.78, 5) is 17.0. The van der Waals surface area contributed by atoms with Crippen molar-refractivity contribution in [3.63, 3.8) is 0 Å². The number of carbonyl (C=O) groups is 1. The van der Waals surface area contributed by atoms with Crippen LogP contribution in [0.5, 0.6) is 0 Å². The number of sulfonamides is 1. The van der Waals surface area contributed by atoms with Gasteiger partial charge in [-0.2, -0.15) is 0 Å². The highest BCUT2D eigenvalue weighted by atomic mass is 32.2. The summed E-state index contributed by atoms with van der Waals surface area (Å²) in [6.07, 6.45) is 0.0923. The van der Waals surface area contributed by atoms with E-state index in [1.165, 1.54) is 12.1 Å². The van der Waals surface area contributed by atoms with Gasteiger partial charge in [0, 0.05) is 5.69 Å². The van der Waals surface area contributed by atoms with Crippen LogP contribution in [-0.4, -0.2) is 33.4 Å². The Bertz CT molecular complexity index is 942. The number of anilines is 1. The molecule has 10 heteroatoms. The van der Waals surface area contributed by atoms with Gasteiger partial charge in [-0.05, 0) is 47.5 Å². The summed E-state index contributed by atoms with van der Waals surface area (Å²) in [6, 6.07) is 13.1. The van der Waals surface area contributed by atoms with Crippen LogP contribution in [0.15, 0.2) is 58.6 Å². The van der Waals surface area contributed by atoms with Crippen molar-refractivity contribution in [3.05, 3.63) is 59.7 Å². The van der Waals surface area contributed by atoms with Crippen LogP contribution in [0.4, 0.5) is 5.69 Å². The van der Waals surface area contributed by atoms with E-state index in [0.29, 0.717) is 11.3 Å². The zero-order chi connectivity index (χ0) is 20.6. The Kier molecular flexibility index (Phi) is 7.21. The summed E-state index contributed by atoms with van der Waals surface area (Å²) in [6.45, 7) is 2.20. The lowest BCUT2D eigenvalue weighted by Gasteiger charge is -2.12. The van der Waals surface area contributed by atoms with Crippen LogP contribution in [0.2, 0.25) is 0 Å². The first-order valence-corrected chi connectivity index (χ1v) is 9.91. The number of nitrogens with one attached hydrogen (secondary N) is 2. The molecule has 0 fully saturated rings. The summed E-state index contributed by atoms with van der Waals surface area (Å²) in [5.41, 5.74) is 12.2. The van der Waals surface area contributed by atoms with Gasteiger partial charge >= 0.3 is 0 Å². The lowest BCUT2D eigenvalue weighted by atomic mass is 10.0. The highest BCUT2D eigenvalue weighted by Crippen LogP contribution is 2.20. The zero-order valence-corrected chi connectivity index (χ0v) is 16.2. The first-order chi connectivity index (χ1) is 13.3. The van der Waals surface area contributed by atoms with Crippen LogP contribution in [0.1, 0.15) is 11.1 Å². The number of nitrogens with zero attached hydrogens (tertiary/aromatic N) is 1. The first kappa shape index (κ1) is 21.0. The number of hydrogen-bond acceptors (Lipinski definition) is 5. The molecule has 0 saturated carbocycles. The van der Waals surface area contributed by atoms with Crippen molar-refractivity contribution in [3.8, 4) is 0 Å². The standard InChI is InChI=1S/C18H23N5O4S/c1-13-7-8-15(23-28(25,26)16-5-3-2-4-6-16)11-14(13)12-17(24)21-9-10-27-22-18(19)20/h2-8,11,23H,9-10,12H2,1H3,(H,21,24)(H4,19,20,22). The van der Waals surface area contributed by atoms with Crippen molar-refractivity contribution in [2.75, 3.05) is 17.9 Å². The largest absolute Gasteiger partial charge is 0.391 e. The number of amides is 1. The number of guanidine groups is 1. The third-order valence-electron chi connectivity index (χ3n) is 3.69. The monoisotopic (exact) mass is 405 g/mol. The van der Waals surface area contributed by atoms with E-state index in [9.17, 15) is 13.2 Å². The molecule has 1 amide bonds. The molecule has 0 atom stereocenters. The predicted molar refractivity (Wildman–Crippen MR) is 107 cm³/mol. The molecule has 2 aromatic carbocycles. The fourth-order valence-electron chi connectivity index (χ4n) is 2.33. The van der Waals surface area contributed by atoms with Crippen molar-refractivity contribution in [1.29, 1.82) is 0 Å². The molecule has 0 saturated heterocycles. The molecule has 0 radical (unpaired) electrons. The second kappa shape index (κ2) is 9.60. The minimum absolute atomic E-state index is 0.0923. The number of oxime groups is 1. The average Bonchev–Trinajstić information content (AvgIpc) is 2.64. The molecule has 6 N–H and O–H groups in total. The third-order valence-corrected chi connectivity index (χ3v) is 5.09. The summed E-state index contributed by atoms with van der Waals surface area (Å²) < 4.78 is 27.4. The van der Waals surface area contributed by atoms with E-state index in [2.05, 4.69) is 15.2 Å². The summed E-state index contributed by atoms with van der Waals surface area (Å²) in [5.74, 6) is -0.434. The molecule has 28 heavy (non-hydrogen) atoms. The van der Waals surface area contributed by atoms with E-state index in [0.717, 1.165) is 5.56 Å². The van der Waals surface area contributed by atoms with Crippen molar-refractivity contribution in [2.45, 2.75) is 18.2 Å². The van der Waals surface area contributed by atoms with Gasteiger partial charge in [-0.1, -0.05) is 24.3 Å². The minimum atomic E-state index is -3.70. The molecular weight excluding hydrogens is 382 g/mol. The number of nitrogens with two attached hydrogens (primary N) is 2. The molecule has 150 valence electrons. The maximum atomic E-state index is 12.4. The fraction of sp³-hybridized carbons (Fsp3) is 0.222. The molecule has 2 rings (SSSR count). The van der Waals surface area contributed by atoms with Crippen LogP contribution in [0, 0.1) is 6.92 Å². The molecule has 0 aliphatic rings. The highest BCUT2D eigenvalue weighted by molar-refractivity contribution is 7.92. The smallest absolute Gasteiger partial charge is 0.261 e. The lowest BCUT2D eigenvalue weighted by molar-refractivity contribution is -0.120. The normalized spacial score (nSPS) is 10.8. The molecule has 0 aliphatic carbocycles. The Morgan fingerprint density at radius 1 is 1.14 bits per heavy atom. The first-order valence-electron chi connectivity index (χ1n) is 8.43. The van der Waals surface area contributed by atoms with Crippen molar-refractivity contribution in [2.24, 2.45) is 16.6 Å². The predicted octanol–water partition coefficient (Wildman–Crippen LogP) is 0.660. The van der Waals surface area contributed by atoms with Gasteiger partial charge in [-0.15, -0.1) is 0 Å². The van der Waals surface area contributed by atoms with Gasteiger partial charge in [0.15, 0.2) is 0 Å². The summed E-state index contributed by atoms with van der Waals surface area (Å²) in [5, 5.41) is 6.02. The SMILES string of the molecule is Cc1ccc(NS(=O)(=O)c2ccccc2)cc1CC(=O)NCCON=C(N)N. The topological polar surface area (TPSA) is 149 Å². The van der Waals surface area contributed by atoms with Crippen LogP contribution in [-0.2, 0) is 26.1 Å². The van der Waals surface area contributed by atoms with E-state index in [1.54, 1.807) is 36.4 Å². The number of hydrogen-bond donors (Lipinski definition) is 4. The molecule has 0 heterocycles. The van der Waals surface area contributed by atoms with E-state index >= 15 is 0 Å². The second-order valence-electron chi connectivity index (χ2n) is 5.94. The molecular formula is C18H23N5O4S. The van der Waals surface area contributed by atoms with E-state index in [4.69, 9.17) is 16.3 Å². The zero-order valence-electron chi connectivity index (χ0n) is 15.4. The van der Waals surface area contributed by atoms with Gasteiger partial charge in [0.05, 0.1) is 17.9 Å². The molecule has 0 bridgehead atoms. The summed E-state index contributed by atoms with van der Waals surface area (Å²) >= 11 is 0. The molecule has 0 unspecified atom stereocenters. The van der Waals surface area contributed by atoms with Gasteiger partial charge in [0.25, 0.3) is 10.0 Å². The van der Waals surface area contributed by atoms with Crippen LogP contribution < -0.4 is 21.5 Å². The van der Waals surface area contributed by atoms with Crippen LogP contribution >= 0.6 is 0 Å². The van der Waals surface area contributed by atoms with Crippen molar-refractivity contribution < 1.29 is 18.0 Å². The van der Waals surface area contributed by atoms with Gasteiger partial charge < -0.3 is 21.6 Å². The molecule has 0 aromatic heterocycles. The molecule has 9 nitrogen and oxygen atoms in total. The Morgan fingerprint density at radius 2 is 1.86 bits per heavy atom. The Hall–Kier alpha value is -3.27. The van der Waals surface area contributed by atoms with Crippen molar-refractivity contribution in [1.82, 2.24) is 5.32 Å². The number of benzene rings is 2.